The number of likely N-dealkylation sites (N-methyl/N-ethyl adjacent to an activating group) is 1. The van der Waals surface area contributed by atoms with Gasteiger partial charge in [-0.3, -0.25) is 0 Å². The average Bonchev–Trinajstić information content (AvgIpc) is 3.24. The van der Waals surface area contributed by atoms with Crippen molar-refractivity contribution in [1.82, 2.24) is 15.1 Å². The summed E-state index contributed by atoms with van der Waals surface area (Å²) in [5.41, 5.74) is 0.566. The van der Waals surface area contributed by atoms with E-state index in [0.717, 1.165) is 12.0 Å². The molecule has 0 spiro atoms. The Morgan fingerprint density at radius 2 is 1.85 bits per heavy atom. The maximum absolute atomic E-state index is 3.85. The molecule has 3 heteroatoms. The van der Waals surface area contributed by atoms with Crippen LogP contribution in [0.3, 0.4) is 0 Å². The fourth-order valence-corrected chi connectivity index (χ4v) is 4.26. The maximum atomic E-state index is 3.85. The molecular formula is C17H33N3. The van der Waals surface area contributed by atoms with Crippen molar-refractivity contribution < 1.29 is 0 Å². The standard InChI is InChI=1S/C17H33N3/c1-15-4-3-7-17(12-15,13-18-16-5-6-16)14-20-10-8-19(2)9-11-20/h15-16,18H,3-14H2,1-2H3. The fourth-order valence-electron chi connectivity index (χ4n) is 4.26. The van der Waals surface area contributed by atoms with Crippen LogP contribution < -0.4 is 5.32 Å². The second-order valence-electron chi connectivity index (χ2n) is 7.94. The molecule has 2 unspecified atom stereocenters. The number of nitrogens with zero attached hydrogens (tertiary/aromatic N) is 2. The van der Waals surface area contributed by atoms with Gasteiger partial charge in [0.25, 0.3) is 0 Å². The Morgan fingerprint density at radius 1 is 1.10 bits per heavy atom. The summed E-state index contributed by atoms with van der Waals surface area (Å²) in [6, 6.07) is 0.858. The number of piperazine rings is 1. The van der Waals surface area contributed by atoms with Gasteiger partial charge < -0.3 is 15.1 Å². The third-order valence-electron chi connectivity index (χ3n) is 5.68. The van der Waals surface area contributed by atoms with Crippen molar-refractivity contribution >= 4 is 0 Å². The van der Waals surface area contributed by atoms with Gasteiger partial charge in [-0.05, 0) is 44.1 Å². The molecule has 0 radical (unpaired) electrons. The van der Waals surface area contributed by atoms with Crippen LogP contribution in [0.1, 0.15) is 45.4 Å². The highest BCUT2D eigenvalue weighted by Crippen LogP contribution is 2.40. The molecule has 0 aromatic carbocycles. The molecule has 2 saturated carbocycles. The average molecular weight is 279 g/mol. The lowest BCUT2D eigenvalue weighted by atomic mass is 9.69. The molecule has 20 heavy (non-hydrogen) atoms. The first-order chi connectivity index (χ1) is 9.65. The second kappa shape index (κ2) is 6.33. The van der Waals surface area contributed by atoms with Gasteiger partial charge in [0.05, 0.1) is 0 Å². The Bertz CT molecular complexity index is 307. The zero-order chi connectivity index (χ0) is 14.0. The van der Waals surface area contributed by atoms with Gasteiger partial charge in [0.1, 0.15) is 0 Å². The molecule has 3 aliphatic rings. The SMILES string of the molecule is CC1CCCC(CNC2CC2)(CN2CCN(C)CC2)C1. The molecule has 1 heterocycles. The van der Waals surface area contributed by atoms with E-state index in [4.69, 9.17) is 0 Å². The van der Waals surface area contributed by atoms with Crippen LogP contribution in [0.2, 0.25) is 0 Å². The van der Waals surface area contributed by atoms with Crippen LogP contribution >= 0.6 is 0 Å². The predicted octanol–water partition coefficient (Wildman–Crippen LogP) is 2.18. The first-order valence-electron chi connectivity index (χ1n) is 8.80. The van der Waals surface area contributed by atoms with Crippen LogP contribution in [0.4, 0.5) is 0 Å². The molecule has 1 aliphatic heterocycles. The Labute approximate surface area is 125 Å². The fraction of sp³-hybridized carbons (Fsp3) is 1.00. The van der Waals surface area contributed by atoms with Gasteiger partial charge in [0, 0.05) is 45.3 Å². The molecule has 3 nitrogen and oxygen atoms in total. The summed E-state index contributed by atoms with van der Waals surface area (Å²) in [4.78, 5) is 5.21. The monoisotopic (exact) mass is 279 g/mol. The highest BCUT2D eigenvalue weighted by molar-refractivity contribution is 4.93. The van der Waals surface area contributed by atoms with E-state index in [2.05, 4.69) is 29.1 Å². The number of hydrogen-bond donors (Lipinski definition) is 1. The predicted molar refractivity (Wildman–Crippen MR) is 85.0 cm³/mol. The summed E-state index contributed by atoms with van der Waals surface area (Å²) in [7, 11) is 2.25. The van der Waals surface area contributed by atoms with Gasteiger partial charge in [-0.2, -0.15) is 0 Å². The van der Waals surface area contributed by atoms with Crippen LogP contribution in [0.25, 0.3) is 0 Å². The van der Waals surface area contributed by atoms with Crippen LogP contribution in [0, 0.1) is 11.3 Å². The number of hydrogen-bond acceptors (Lipinski definition) is 3. The highest BCUT2D eigenvalue weighted by Gasteiger charge is 2.38. The lowest BCUT2D eigenvalue weighted by molar-refractivity contribution is 0.0546. The summed E-state index contributed by atoms with van der Waals surface area (Å²) in [6.07, 6.45) is 8.62. The van der Waals surface area contributed by atoms with Crippen LogP contribution in [0.15, 0.2) is 0 Å². The van der Waals surface area contributed by atoms with Gasteiger partial charge in [0.15, 0.2) is 0 Å². The normalized spacial score (nSPS) is 37.2. The zero-order valence-electron chi connectivity index (χ0n) is 13.5. The Balaban J connectivity index is 1.58. The smallest absolute Gasteiger partial charge is 0.0110 e. The molecule has 0 amide bonds. The van der Waals surface area contributed by atoms with Gasteiger partial charge in [0.2, 0.25) is 0 Å². The summed E-state index contributed by atoms with van der Waals surface area (Å²) in [5.74, 6) is 0.928. The van der Waals surface area contributed by atoms with E-state index in [1.165, 1.54) is 77.8 Å². The van der Waals surface area contributed by atoms with Gasteiger partial charge in [-0.1, -0.05) is 19.8 Å². The van der Waals surface area contributed by atoms with Crippen molar-refractivity contribution in [1.29, 1.82) is 0 Å². The summed E-state index contributed by atoms with van der Waals surface area (Å²) in [5, 5.41) is 3.85. The van der Waals surface area contributed by atoms with Crippen molar-refractivity contribution in [2.75, 3.05) is 46.3 Å². The molecule has 0 aromatic heterocycles. The lowest BCUT2D eigenvalue weighted by Gasteiger charge is -2.45. The largest absolute Gasteiger partial charge is 0.313 e. The summed E-state index contributed by atoms with van der Waals surface area (Å²) < 4.78 is 0. The number of rotatable bonds is 5. The van der Waals surface area contributed by atoms with E-state index in [9.17, 15) is 0 Å². The topological polar surface area (TPSA) is 18.5 Å². The molecule has 0 aromatic rings. The van der Waals surface area contributed by atoms with E-state index < -0.39 is 0 Å². The van der Waals surface area contributed by atoms with Crippen molar-refractivity contribution in [2.24, 2.45) is 11.3 Å². The molecule has 1 saturated heterocycles. The molecule has 3 fully saturated rings. The van der Waals surface area contributed by atoms with Crippen molar-refractivity contribution in [3.8, 4) is 0 Å². The minimum absolute atomic E-state index is 0.566. The number of nitrogens with one attached hydrogen (secondary N) is 1. The summed E-state index contributed by atoms with van der Waals surface area (Å²) >= 11 is 0. The minimum atomic E-state index is 0.566. The molecule has 2 atom stereocenters. The molecular weight excluding hydrogens is 246 g/mol. The quantitative estimate of drug-likeness (QED) is 0.832. The Morgan fingerprint density at radius 3 is 2.50 bits per heavy atom. The van der Waals surface area contributed by atoms with Crippen LogP contribution in [-0.4, -0.2) is 62.2 Å². The van der Waals surface area contributed by atoms with E-state index >= 15 is 0 Å². The van der Waals surface area contributed by atoms with Gasteiger partial charge in [-0.15, -0.1) is 0 Å². The highest BCUT2D eigenvalue weighted by atomic mass is 15.2. The maximum Gasteiger partial charge on any atom is 0.0110 e. The minimum Gasteiger partial charge on any atom is -0.313 e. The summed E-state index contributed by atoms with van der Waals surface area (Å²) in [6.45, 7) is 10.1. The van der Waals surface area contributed by atoms with Gasteiger partial charge in [-0.25, -0.2) is 0 Å². The van der Waals surface area contributed by atoms with E-state index in [1.54, 1.807) is 0 Å². The molecule has 1 N–H and O–H groups in total. The van der Waals surface area contributed by atoms with E-state index in [-0.39, 0.29) is 0 Å². The van der Waals surface area contributed by atoms with Crippen LogP contribution in [-0.2, 0) is 0 Å². The first-order valence-corrected chi connectivity index (χ1v) is 8.80. The van der Waals surface area contributed by atoms with Crippen LogP contribution in [0.5, 0.6) is 0 Å². The van der Waals surface area contributed by atoms with Crippen molar-refractivity contribution in [3.63, 3.8) is 0 Å². The Hall–Kier alpha value is -0.120. The Kier molecular flexibility index (Phi) is 4.68. The first kappa shape index (κ1) is 14.8. The second-order valence-corrected chi connectivity index (χ2v) is 7.94. The van der Waals surface area contributed by atoms with Gasteiger partial charge >= 0.3 is 0 Å². The van der Waals surface area contributed by atoms with E-state index in [1.807, 2.05) is 0 Å². The third-order valence-corrected chi connectivity index (χ3v) is 5.68. The van der Waals surface area contributed by atoms with E-state index in [0.29, 0.717) is 5.41 Å². The third kappa shape index (κ3) is 3.96. The van der Waals surface area contributed by atoms with Crippen molar-refractivity contribution in [2.45, 2.75) is 51.5 Å². The van der Waals surface area contributed by atoms with Crippen molar-refractivity contribution in [3.05, 3.63) is 0 Å². The zero-order valence-corrected chi connectivity index (χ0v) is 13.5. The molecule has 3 rings (SSSR count). The molecule has 2 aliphatic carbocycles. The molecule has 116 valence electrons. The lowest BCUT2D eigenvalue weighted by Crippen LogP contribution is -2.52. The molecule has 0 bridgehead atoms.